The number of nitrogens with one attached hydrogen (secondary N) is 1. The van der Waals surface area contributed by atoms with Crippen LogP contribution in [0.5, 0.6) is 0 Å². The summed E-state index contributed by atoms with van der Waals surface area (Å²) in [4.78, 5) is 34.1. The molecule has 7 nitrogen and oxygen atoms in total. The van der Waals surface area contributed by atoms with E-state index >= 15 is 0 Å². The molecule has 1 N–H and O–H groups in total. The molecule has 0 saturated heterocycles. The van der Waals surface area contributed by atoms with E-state index in [4.69, 9.17) is 4.42 Å². The van der Waals surface area contributed by atoms with Crippen LogP contribution in [0.1, 0.15) is 33.2 Å². The number of amides is 1. The lowest BCUT2D eigenvalue weighted by Crippen LogP contribution is -2.25. The number of oxazole rings is 1. The minimum atomic E-state index is -0.982. The Morgan fingerprint density at radius 2 is 1.94 bits per heavy atom. The van der Waals surface area contributed by atoms with Crippen molar-refractivity contribution in [1.29, 1.82) is 0 Å². The van der Waals surface area contributed by atoms with Crippen LogP contribution >= 0.6 is 0 Å². The summed E-state index contributed by atoms with van der Waals surface area (Å²) in [5, 5.41) is 2.98. The summed E-state index contributed by atoms with van der Waals surface area (Å²) in [5.41, 5.74) is 1.78. The average Bonchev–Trinajstić information content (AvgIpc) is 3.16. The van der Waals surface area contributed by atoms with Crippen LogP contribution in [0.15, 0.2) is 52.0 Å². The van der Waals surface area contributed by atoms with Gasteiger partial charge in [-0.1, -0.05) is 6.07 Å². The molecule has 0 unspecified atom stereocenters. The Morgan fingerprint density at radius 3 is 2.65 bits per heavy atom. The van der Waals surface area contributed by atoms with Crippen molar-refractivity contribution in [2.24, 2.45) is 0 Å². The molecule has 3 aromatic heterocycles. The summed E-state index contributed by atoms with van der Waals surface area (Å²) in [5.74, 6) is -1.84. The Bertz CT molecular complexity index is 1360. The molecule has 9 heteroatoms. The predicted octanol–water partition coefficient (Wildman–Crippen LogP) is 3.26. The molecular weight excluding hydrogens is 406 g/mol. The number of rotatable bonds is 5. The minimum Gasteiger partial charge on any atom is -0.449 e. The lowest BCUT2D eigenvalue weighted by molar-refractivity contribution is 0.0949. The lowest BCUT2D eigenvalue weighted by atomic mass is 10.1. The molecule has 1 amide bonds. The number of carbonyl (C=O) groups is 1. The van der Waals surface area contributed by atoms with Crippen LogP contribution < -0.4 is 10.9 Å². The maximum atomic E-state index is 13.5. The van der Waals surface area contributed by atoms with Crippen LogP contribution in [-0.2, 0) is 13.1 Å². The summed E-state index contributed by atoms with van der Waals surface area (Å²) in [6.07, 6.45) is 2.99. The lowest BCUT2D eigenvalue weighted by Gasteiger charge is -2.10. The van der Waals surface area contributed by atoms with Crippen LogP contribution in [0, 0.1) is 25.5 Å². The average molecular weight is 424 g/mol. The van der Waals surface area contributed by atoms with E-state index < -0.39 is 23.1 Å². The second-order valence-corrected chi connectivity index (χ2v) is 7.09. The zero-order chi connectivity index (χ0) is 22.1. The number of hydrogen-bond acceptors (Lipinski definition) is 5. The fraction of sp³-hybridized carbons (Fsp3) is 0.182. The minimum absolute atomic E-state index is 0.0485. The van der Waals surface area contributed by atoms with E-state index in [-0.39, 0.29) is 24.0 Å². The molecule has 0 aliphatic heterocycles. The highest BCUT2D eigenvalue weighted by Crippen LogP contribution is 2.15. The van der Waals surface area contributed by atoms with Gasteiger partial charge < -0.3 is 14.3 Å². The van der Waals surface area contributed by atoms with Crippen molar-refractivity contribution in [1.82, 2.24) is 19.9 Å². The summed E-state index contributed by atoms with van der Waals surface area (Å²) in [6, 6.07) is 6.60. The van der Waals surface area contributed by atoms with E-state index in [9.17, 15) is 18.4 Å². The van der Waals surface area contributed by atoms with Crippen molar-refractivity contribution in [3.05, 3.63) is 93.2 Å². The first-order valence-electron chi connectivity index (χ1n) is 9.46. The van der Waals surface area contributed by atoms with E-state index in [1.165, 1.54) is 29.2 Å². The maximum Gasteiger partial charge on any atom is 0.260 e. The Kier molecular flexibility index (Phi) is 5.33. The molecule has 31 heavy (non-hydrogen) atoms. The second-order valence-electron chi connectivity index (χ2n) is 7.09. The van der Waals surface area contributed by atoms with Gasteiger partial charge in [0.15, 0.2) is 17.5 Å². The highest BCUT2D eigenvalue weighted by Gasteiger charge is 2.15. The topological polar surface area (TPSA) is 90.0 Å². The summed E-state index contributed by atoms with van der Waals surface area (Å²) >= 11 is 0. The third-order valence-electron chi connectivity index (χ3n) is 4.82. The van der Waals surface area contributed by atoms with E-state index in [1.54, 1.807) is 19.9 Å². The predicted molar refractivity (Wildman–Crippen MR) is 109 cm³/mol. The Hall–Kier alpha value is -3.88. The SMILES string of the molecule is Cc1nc(CNC(=O)c2cc3c(=O)n(Cc4ccc(F)c(F)c4)ccc3nc2C)co1. The summed E-state index contributed by atoms with van der Waals surface area (Å²) < 4.78 is 33.1. The van der Waals surface area contributed by atoms with E-state index in [1.807, 2.05) is 0 Å². The van der Waals surface area contributed by atoms with Gasteiger partial charge in [0, 0.05) is 13.1 Å². The molecule has 0 radical (unpaired) electrons. The number of nitrogens with zero attached hydrogens (tertiary/aromatic N) is 3. The van der Waals surface area contributed by atoms with Crippen molar-refractivity contribution in [2.45, 2.75) is 26.9 Å². The molecule has 3 heterocycles. The van der Waals surface area contributed by atoms with Crippen molar-refractivity contribution in [3.8, 4) is 0 Å². The largest absolute Gasteiger partial charge is 0.449 e. The molecule has 0 fully saturated rings. The van der Waals surface area contributed by atoms with Crippen molar-refractivity contribution >= 4 is 16.8 Å². The normalized spacial score (nSPS) is 11.1. The third-order valence-corrected chi connectivity index (χ3v) is 4.82. The Morgan fingerprint density at radius 1 is 1.13 bits per heavy atom. The zero-order valence-corrected chi connectivity index (χ0v) is 16.8. The molecule has 0 aliphatic rings. The standard InChI is InChI=1S/C22H18F2N4O3/c1-12-16(21(29)25-9-15-11-31-13(2)27-15)8-17-20(26-12)5-6-28(22(17)30)10-14-3-4-18(23)19(24)7-14/h3-8,11H,9-10H2,1-2H3,(H,25,29). The van der Waals surface area contributed by atoms with Crippen LogP contribution in [0.2, 0.25) is 0 Å². The second kappa shape index (κ2) is 8.10. The Labute approximate surface area is 175 Å². The zero-order valence-electron chi connectivity index (χ0n) is 16.8. The molecule has 0 spiro atoms. The molecular formula is C22H18F2N4O3. The van der Waals surface area contributed by atoms with E-state index in [0.717, 1.165) is 12.1 Å². The van der Waals surface area contributed by atoms with Crippen molar-refractivity contribution in [2.75, 3.05) is 0 Å². The number of aromatic nitrogens is 3. The molecule has 1 aromatic carbocycles. The monoisotopic (exact) mass is 424 g/mol. The smallest absolute Gasteiger partial charge is 0.260 e. The highest BCUT2D eigenvalue weighted by atomic mass is 19.2. The molecule has 0 atom stereocenters. The number of carbonyl (C=O) groups excluding carboxylic acids is 1. The number of fused-ring (bicyclic) bond motifs is 1. The van der Waals surface area contributed by atoms with E-state index in [0.29, 0.717) is 28.4 Å². The molecule has 0 aliphatic carbocycles. The fourth-order valence-electron chi connectivity index (χ4n) is 3.25. The van der Waals surface area contributed by atoms with Crippen LogP contribution in [-0.4, -0.2) is 20.4 Å². The van der Waals surface area contributed by atoms with Crippen LogP contribution in [0.3, 0.4) is 0 Å². The van der Waals surface area contributed by atoms with Crippen molar-refractivity contribution < 1.29 is 18.0 Å². The van der Waals surface area contributed by atoms with Gasteiger partial charge in [-0.15, -0.1) is 0 Å². The van der Waals surface area contributed by atoms with Crippen LogP contribution in [0.25, 0.3) is 10.9 Å². The van der Waals surface area contributed by atoms with Gasteiger partial charge in [0.05, 0.1) is 40.9 Å². The van der Waals surface area contributed by atoms with Gasteiger partial charge in [0.25, 0.3) is 11.5 Å². The first kappa shape index (κ1) is 20.4. The number of benzene rings is 1. The number of aryl methyl sites for hydroxylation is 2. The maximum absolute atomic E-state index is 13.5. The first-order valence-corrected chi connectivity index (χ1v) is 9.46. The van der Waals surface area contributed by atoms with Gasteiger partial charge >= 0.3 is 0 Å². The van der Waals surface area contributed by atoms with Crippen LogP contribution in [0.4, 0.5) is 8.78 Å². The first-order chi connectivity index (χ1) is 14.8. The molecule has 0 bridgehead atoms. The molecule has 4 aromatic rings. The molecule has 4 rings (SSSR count). The van der Waals surface area contributed by atoms with Gasteiger partial charge in [0.1, 0.15) is 6.26 Å². The number of hydrogen-bond donors (Lipinski definition) is 1. The summed E-state index contributed by atoms with van der Waals surface area (Å²) in [6.45, 7) is 3.60. The van der Waals surface area contributed by atoms with Gasteiger partial charge in [-0.05, 0) is 36.8 Å². The number of pyridine rings is 2. The van der Waals surface area contributed by atoms with E-state index in [2.05, 4.69) is 15.3 Å². The van der Waals surface area contributed by atoms with Gasteiger partial charge in [-0.3, -0.25) is 14.6 Å². The third kappa shape index (κ3) is 4.20. The highest BCUT2D eigenvalue weighted by molar-refractivity contribution is 5.98. The van der Waals surface area contributed by atoms with Gasteiger partial charge in [-0.2, -0.15) is 0 Å². The number of halogens is 2. The van der Waals surface area contributed by atoms with Crippen molar-refractivity contribution in [3.63, 3.8) is 0 Å². The van der Waals surface area contributed by atoms with Gasteiger partial charge in [0.2, 0.25) is 0 Å². The van der Waals surface area contributed by atoms with Gasteiger partial charge in [-0.25, -0.2) is 13.8 Å². The quantitative estimate of drug-likeness (QED) is 0.531. The molecule has 158 valence electrons. The Balaban J connectivity index is 1.64. The molecule has 0 saturated carbocycles. The summed E-state index contributed by atoms with van der Waals surface area (Å²) in [7, 11) is 0. The fourth-order valence-corrected chi connectivity index (χ4v) is 3.25.